The quantitative estimate of drug-likeness (QED) is 0.364. The summed E-state index contributed by atoms with van der Waals surface area (Å²) in [6, 6.07) is 9.69. The minimum Gasteiger partial charge on any atom is -0.441 e. The molecule has 0 saturated heterocycles. The van der Waals surface area contributed by atoms with Crippen LogP contribution in [0.5, 0.6) is 0 Å². The first-order chi connectivity index (χ1) is 14.2. The smallest absolute Gasteiger partial charge is 0.441 e. The Bertz CT molecular complexity index is 1070. The summed E-state index contributed by atoms with van der Waals surface area (Å²) in [6.07, 6.45) is 2.95. The van der Waals surface area contributed by atoms with Crippen LogP contribution >= 0.6 is 23.5 Å². The van der Waals surface area contributed by atoms with E-state index in [1.165, 1.54) is 23.5 Å². The van der Waals surface area contributed by atoms with Gasteiger partial charge in [-0.25, -0.2) is 14.5 Å². The van der Waals surface area contributed by atoms with Crippen molar-refractivity contribution >= 4 is 40.6 Å². The third-order valence-corrected chi connectivity index (χ3v) is 5.59. The predicted molar refractivity (Wildman–Crippen MR) is 118 cm³/mol. The van der Waals surface area contributed by atoms with Gasteiger partial charge in [0.1, 0.15) is 20.6 Å². The molecule has 2 amide bonds. The summed E-state index contributed by atoms with van der Waals surface area (Å²) in [5.41, 5.74) is 1.30. The second kappa shape index (κ2) is 8.97. The standard InChI is InChI=1S/C20H21N5O3S2/c1-12(22-23-19(27)28-20(2,3)4)15-16(26)21-17(30-15)14-11-25(24-18(14)29-5)13-9-7-6-8-10-13/h6-11H,1-5H3/b15-12+,23-22?. The molecule has 0 spiro atoms. The predicted octanol–water partition coefficient (Wildman–Crippen LogP) is 5.23. The van der Waals surface area contributed by atoms with Crippen molar-refractivity contribution in [2.75, 3.05) is 6.26 Å². The van der Waals surface area contributed by atoms with Crippen molar-refractivity contribution in [2.24, 2.45) is 15.2 Å². The largest absolute Gasteiger partial charge is 0.452 e. The lowest BCUT2D eigenvalue weighted by Crippen LogP contribution is -2.21. The van der Waals surface area contributed by atoms with Crippen molar-refractivity contribution in [3.8, 4) is 5.69 Å². The summed E-state index contributed by atoms with van der Waals surface area (Å²) in [7, 11) is 0. The fraction of sp³-hybridized carbons (Fsp3) is 0.300. The number of azo groups is 1. The number of aliphatic imine (C=N–C) groups is 1. The highest BCUT2D eigenvalue weighted by atomic mass is 32.2. The molecular formula is C20H21N5O3S2. The molecule has 2 heterocycles. The normalized spacial score (nSPS) is 16.2. The molecule has 2 aromatic rings. The molecule has 0 fully saturated rings. The van der Waals surface area contributed by atoms with Crippen molar-refractivity contribution in [2.45, 2.75) is 38.3 Å². The second-order valence-electron chi connectivity index (χ2n) is 7.25. The van der Waals surface area contributed by atoms with Crippen LogP contribution < -0.4 is 0 Å². The van der Waals surface area contributed by atoms with Crippen LogP contribution in [0.1, 0.15) is 33.3 Å². The molecule has 1 aliphatic heterocycles. The molecule has 1 aromatic heterocycles. The number of rotatable bonds is 4. The summed E-state index contributed by atoms with van der Waals surface area (Å²) in [5.74, 6) is -0.421. The van der Waals surface area contributed by atoms with Gasteiger partial charge in [-0.1, -0.05) is 35.1 Å². The van der Waals surface area contributed by atoms with Crippen LogP contribution in [-0.4, -0.2) is 38.7 Å². The summed E-state index contributed by atoms with van der Waals surface area (Å²) >= 11 is 2.66. The number of hydrogen-bond acceptors (Lipinski definition) is 7. The number of nitrogens with zero attached hydrogens (tertiary/aromatic N) is 5. The van der Waals surface area contributed by atoms with Crippen molar-refractivity contribution < 1.29 is 14.3 Å². The van der Waals surface area contributed by atoms with Gasteiger partial charge in [-0.2, -0.15) is 5.10 Å². The molecule has 8 nitrogen and oxygen atoms in total. The maximum Gasteiger partial charge on any atom is 0.452 e. The number of amides is 2. The summed E-state index contributed by atoms with van der Waals surface area (Å²) in [6.45, 7) is 6.82. The molecule has 0 saturated carbocycles. The molecule has 30 heavy (non-hydrogen) atoms. The molecule has 3 rings (SSSR count). The Labute approximate surface area is 182 Å². The lowest BCUT2D eigenvalue weighted by atomic mass is 10.2. The van der Waals surface area contributed by atoms with Gasteiger partial charge in [0.05, 0.1) is 16.9 Å². The number of carbonyl (C=O) groups excluding carboxylic acids is 2. The molecule has 0 atom stereocenters. The Morgan fingerprint density at radius 1 is 1.20 bits per heavy atom. The Balaban J connectivity index is 1.83. The highest BCUT2D eigenvalue weighted by molar-refractivity contribution is 8.19. The second-order valence-corrected chi connectivity index (χ2v) is 9.05. The molecule has 0 aliphatic carbocycles. The molecule has 1 aromatic carbocycles. The van der Waals surface area contributed by atoms with Crippen LogP contribution in [0, 0.1) is 0 Å². The van der Waals surface area contributed by atoms with E-state index < -0.39 is 17.6 Å². The first kappa shape index (κ1) is 22.0. The minimum absolute atomic E-state index is 0.302. The number of benzene rings is 1. The lowest BCUT2D eigenvalue weighted by molar-refractivity contribution is -0.113. The Kier molecular flexibility index (Phi) is 6.57. The number of allylic oxidation sites excluding steroid dienone is 1. The minimum atomic E-state index is -0.812. The molecule has 0 bridgehead atoms. The van der Waals surface area contributed by atoms with Crippen molar-refractivity contribution in [1.29, 1.82) is 0 Å². The number of carbonyl (C=O) groups is 2. The van der Waals surface area contributed by atoms with Gasteiger partial charge in [0, 0.05) is 6.20 Å². The number of ether oxygens (including phenoxy) is 1. The molecule has 0 radical (unpaired) electrons. The van der Waals surface area contributed by atoms with Crippen LogP contribution in [0.2, 0.25) is 0 Å². The van der Waals surface area contributed by atoms with E-state index in [4.69, 9.17) is 4.74 Å². The van der Waals surface area contributed by atoms with Gasteiger partial charge in [-0.3, -0.25) is 4.79 Å². The zero-order valence-corrected chi connectivity index (χ0v) is 18.9. The van der Waals surface area contributed by atoms with Crippen molar-refractivity contribution in [3.05, 3.63) is 52.7 Å². The number of hydrogen-bond donors (Lipinski definition) is 0. The fourth-order valence-electron chi connectivity index (χ4n) is 2.46. The van der Waals surface area contributed by atoms with Crippen LogP contribution in [-0.2, 0) is 9.53 Å². The maximum atomic E-state index is 12.4. The highest BCUT2D eigenvalue weighted by Gasteiger charge is 2.28. The number of aromatic nitrogens is 2. The number of thioether (sulfide) groups is 2. The Morgan fingerprint density at radius 3 is 2.53 bits per heavy atom. The van der Waals surface area contributed by atoms with E-state index in [9.17, 15) is 9.59 Å². The lowest BCUT2D eigenvalue weighted by Gasteiger charge is -2.16. The molecule has 1 aliphatic rings. The van der Waals surface area contributed by atoms with E-state index in [1.54, 1.807) is 32.4 Å². The van der Waals surface area contributed by atoms with Gasteiger partial charge in [0.2, 0.25) is 0 Å². The van der Waals surface area contributed by atoms with E-state index in [2.05, 4.69) is 20.3 Å². The average Bonchev–Trinajstić information content (AvgIpc) is 3.29. The van der Waals surface area contributed by atoms with Gasteiger partial charge in [-0.05, 0) is 46.1 Å². The van der Waals surface area contributed by atoms with Gasteiger partial charge in [0.25, 0.3) is 5.91 Å². The highest BCUT2D eigenvalue weighted by Crippen LogP contribution is 2.36. The average molecular weight is 444 g/mol. The van der Waals surface area contributed by atoms with Gasteiger partial charge in [0.15, 0.2) is 0 Å². The third-order valence-electron chi connectivity index (χ3n) is 3.72. The number of para-hydroxylation sites is 1. The van der Waals surface area contributed by atoms with E-state index in [0.717, 1.165) is 16.3 Å². The van der Waals surface area contributed by atoms with Crippen LogP contribution in [0.4, 0.5) is 4.79 Å². The van der Waals surface area contributed by atoms with E-state index in [0.29, 0.717) is 15.6 Å². The van der Waals surface area contributed by atoms with Crippen LogP contribution in [0.25, 0.3) is 5.69 Å². The van der Waals surface area contributed by atoms with Crippen molar-refractivity contribution in [3.63, 3.8) is 0 Å². The summed E-state index contributed by atoms with van der Waals surface area (Å²) in [5, 5.41) is 13.3. The SMILES string of the molecule is CSc1nn(-c2ccccc2)cc1C1=NC(=O)/C(=C(/C)N=NC(=O)OC(C)(C)C)S1. The zero-order chi connectivity index (χ0) is 21.9. The summed E-state index contributed by atoms with van der Waals surface area (Å²) in [4.78, 5) is 28.6. The van der Waals surface area contributed by atoms with E-state index in [1.807, 2.05) is 42.8 Å². The molecule has 0 unspecified atom stereocenters. The van der Waals surface area contributed by atoms with Crippen LogP contribution in [0.15, 0.2) is 67.4 Å². The van der Waals surface area contributed by atoms with Gasteiger partial charge < -0.3 is 4.74 Å². The Morgan fingerprint density at radius 2 is 1.90 bits per heavy atom. The fourth-order valence-corrected chi connectivity index (χ4v) is 3.97. The van der Waals surface area contributed by atoms with Gasteiger partial charge in [-0.15, -0.1) is 16.9 Å². The third kappa shape index (κ3) is 5.25. The van der Waals surface area contributed by atoms with Gasteiger partial charge >= 0.3 is 6.09 Å². The Hall–Kier alpha value is -2.72. The van der Waals surface area contributed by atoms with E-state index in [-0.39, 0.29) is 0 Å². The topological polar surface area (TPSA) is 98.3 Å². The molecule has 10 heteroatoms. The first-order valence-electron chi connectivity index (χ1n) is 9.04. The molecule has 156 valence electrons. The van der Waals surface area contributed by atoms with E-state index >= 15 is 0 Å². The summed E-state index contributed by atoms with van der Waals surface area (Å²) < 4.78 is 6.84. The first-order valence-corrected chi connectivity index (χ1v) is 11.1. The van der Waals surface area contributed by atoms with Crippen LogP contribution in [0.3, 0.4) is 0 Å². The zero-order valence-electron chi connectivity index (χ0n) is 17.2. The maximum absolute atomic E-state index is 12.4. The molecular weight excluding hydrogens is 422 g/mol. The monoisotopic (exact) mass is 443 g/mol. The molecule has 0 N–H and O–H groups in total. The van der Waals surface area contributed by atoms with Crippen molar-refractivity contribution in [1.82, 2.24) is 9.78 Å².